The molecule has 0 aromatic heterocycles. The van der Waals surface area contributed by atoms with Gasteiger partial charge in [0.05, 0.1) is 5.60 Å². The van der Waals surface area contributed by atoms with Crippen molar-refractivity contribution in [1.82, 2.24) is 0 Å². The average molecular weight is 142 g/mol. The molecule has 0 fully saturated rings. The molecule has 0 aliphatic rings. The van der Waals surface area contributed by atoms with Gasteiger partial charge < -0.3 is 4.74 Å². The highest BCUT2D eigenvalue weighted by molar-refractivity contribution is 5.66. The number of hydrogen-bond acceptors (Lipinski definition) is 2. The predicted molar refractivity (Wildman–Crippen MR) is 40.9 cm³/mol. The molecule has 0 aliphatic carbocycles. The van der Waals surface area contributed by atoms with Gasteiger partial charge in [-0.25, -0.2) is 0 Å². The smallest absolute Gasteiger partial charge is 0.142 e. The highest BCUT2D eigenvalue weighted by atomic mass is 16.5. The summed E-state index contributed by atoms with van der Waals surface area (Å²) in [5.74, 6) is 0. The Balaban J connectivity index is 4.31. The Bertz CT molecular complexity index is 145. The van der Waals surface area contributed by atoms with Gasteiger partial charge in [-0.3, -0.25) is 4.79 Å². The van der Waals surface area contributed by atoms with Crippen LogP contribution in [0, 0.1) is 0 Å². The van der Waals surface area contributed by atoms with Gasteiger partial charge in [0, 0.05) is 7.11 Å². The Hall–Kier alpha value is -0.630. The second-order valence-electron chi connectivity index (χ2n) is 2.70. The molecule has 0 spiro atoms. The van der Waals surface area contributed by atoms with Crippen LogP contribution in [0.3, 0.4) is 0 Å². The van der Waals surface area contributed by atoms with Crippen LogP contribution < -0.4 is 0 Å². The fourth-order valence-electron chi connectivity index (χ4n) is 0.464. The summed E-state index contributed by atoms with van der Waals surface area (Å²) in [5, 5.41) is 0. The van der Waals surface area contributed by atoms with E-state index in [1.165, 1.54) is 6.08 Å². The normalized spacial score (nSPS) is 13.4. The molecule has 0 aromatic carbocycles. The van der Waals surface area contributed by atoms with E-state index in [9.17, 15) is 4.79 Å². The van der Waals surface area contributed by atoms with Crippen molar-refractivity contribution >= 4 is 6.29 Å². The van der Waals surface area contributed by atoms with E-state index in [2.05, 4.69) is 0 Å². The summed E-state index contributed by atoms with van der Waals surface area (Å²) in [6, 6.07) is 0. The van der Waals surface area contributed by atoms with Gasteiger partial charge in [0.2, 0.25) is 0 Å². The Labute approximate surface area is 61.9 Å². The van der Waals surface area contributed by atoms with Crippen LogP contribution in [0.15, 0.2) is 11.6 Å². The van der Waals surface area contributed by atoms with E-state index in [1.54, 1.807) is 7.11 Å². The zero-order valence-electron chi connectivity index (χ0n) is 6.97. The minimum Gasteiger partial charge on any atom is -0.374 e. The van der Waals surface area contributed by atoms with Crippen LogP contribution in [0.2, 0.25) is 0 Å². The fraction of sp³-hybridized carbons (Fsp3) is 0.625. The van der Waals surface area contributed by atoms with Crippen LogP contribution in [-0.2, 0) is 9.53 Å². The van der Waals surface area contributed by atoms with Gasteiger partial charge in [0.1, 0.15) is 6.29 Å². The monoisotopic (exact) mass is 142 g/mol. The molecule has 0 amide bonds. The summed E-state index contributed by atoms with van der Waals surface area (Å²) in [4.78, 5) is 10.0. The molecule has 0 atom stereocenters. The minimum atomic E-state index is -0.319. The quantitative estimate of drug-likeness (QED) is 0.441. The minimum absolute atomic E-state index is 0.319. The lowest BCUT2D eigenvalue weighted by molar-refractivity contribution is -0.104. The molecule has 0 N–H and O–H groups in total. The predicted octanol–water partition coefficient (Wildman–Crippen LogP) is 1.56. The summed E-state index contributed by atoms with van der Waals surface area (Å²) in [6.45, 7) is 5.71. The Morgan fingerprint density at radius 1 is 1.50 bits per heavy atom. The summed E-state index contributed by atoms with van der Waals surface area (Å²) in [5.41, 5.74) is 0.617. The van der Waals surface area contributed by atoms with Gasteiger partial charge in [-0.15, -0.1) is 0 Å². The fourth-order valence-corrected chi connectivity index (χ4v) is 0.464. The molecule has 2 heteroatoms. The van der Waals surface area contributed by atoms with Gasteiger partial charge in [-0.1, -0.05) is 0 Å². The van der Waals surface area contributed by atoms with Crippen LogP contribution in [0.5, 0.6) is 0 Å². The number of carbonyl (C=O) groups is 1. The van der Waals surface area contributed by atoms with E-state index in [0.29, 0.717) is 0 Å². The van der Waals surface area contributed by atoms with Gasteiger partial charge in [-0.05, 0) is 32.4 Å². The topological polar surface area (TPSA) is 26.3 Å². The maximum absolute atomic E-state index is 10.0. The average Bonchev–Trinajstić information content (AvgIpc) is 1.89. The van der Waals surface area contributed by atoms with E-state index >= 15 is 0 Å². The standard InChI is InChI=1S/C8H14O2/c1-7(5-6-9)8(2,3)10-4/h5-6H,1-4H3/b7-5+. The molecule has 0 aromatic rings. The Morgan fingerprint density at radius 3 is 2.30 bits per heavy atom. The number of ether oxygens (including phenoxy) is 1. The summed E-state index contributed by atoms with van der Waals surface area (Å²) in [7, 11) is 1.63. The SMILES string of the molecule is COC(C)(C)/C(C)=C/C=O. The van der Waals surface area contributed by atoms with E-state index in [1.807, 2.05) is 20.8 Å². The second-order valence-corrected chi connectivity index (χ2v) is 2.70. The molecule has 58 valence electrons. The maximum atomic E-state index is 10.0. The first kappa shape index (κ1) is 9.37. The van der Waals surface area contributed by atoms with Crippen molar-refractivity contribution in [2.75, 3.05) is 7.11 Å². The summed E-state index contributed by atoms with van der Waals surface area (Å²) >= 11 is 0. The lowest BCUT2D eigenvalue weighted by atomic mass is 10.00. The molecule has 0 heterocycles. The molecule has 0 saturated heterocycles. The van der Waals surface area contributed by atoms with Crippen molar-refractivity contribution in [3.63, 3.8) is 0 Å². The highest BCUT2D eigenvalue weighted by Gasteiger charge is 2.17. The highest BCUT2D eigenvalue weighted by Crippen LogP contribution is 2.17. The summed E-state index contributed by atoms with van der Waals surface area (Å²) < 4.78 is 5.12. The third-order valence-electron chi connectivity index (χ3n) is 1.78. The lowest BCUT2D eigenvalue weighted by Gasteiger charge is -2.23. The van der Waals surface area contributed by atoms with Crippen LogP contribution in [-0.4, -0.2) is 19.0 Å². The van der Waals surface area contributed by atoms with Crippen molar-refractivity contribution in [1.29, 1.82) is 0 Å². The Morgan fingerprint density at radius 2 is 2.00 bits per heavy atom. The largest absolute Gasteiger partial charge is 0.374 e. The molecule has 10 heavy (non-hydrogen) atoms. The lowest BCUT2D eigenvalue weighted by Crippen LogP contribution is -2.23. The number of methoxy groups -OCH3 is 1. The van der Waals surface area contributed by atoms with Crippen LogP contribution in [0.1, 0.15) is 20.8 Å². The van der Waals surface area contributed by atoms with Crippen molar-refractivity contribution in [3.8, 4) is 0 Å². The molecule has 0 aliphatic heterocycles. The molecule has 0 bridgehead atoms. The van der Waals surface area contributed by atoms with Crippen molar-refractivity contribution in [2.45, 2.75) is 26.4 Å². The number of rotatable bonds is 3. The van der Waals surface area contributed by atoms with E-state index in [4.69, 9.17) is 4.74 Å². The van der Waals surface area contributed by atoms with Gasteiger partial charge >= 0.3 is 0 Å². The molecule has 0 saturated carbocycles. The Kier molecular flexibility index (Phi) is 3.30. The molecular formula is C8H14O2. The van der Waals surface area contributed by atoms with Gasteiger partial charge in [0.15, 0.2) is 0 Å². The molecular weight excluding hydrogens is 128 g/mol. The molecule has 0 rings (SSSR count). The zero-order chi connectivity index (χ0) is 8.20. The van der Waals surface area contributed by atoms with E-state index < -0.39 is 0 Å². The van der Waals surface area contributed by atoms with E-state index in [-0.39, 0.29) is 5.60 Å². The number of hydrogen-bond donors (Lipinski definition) is 0. The molecule has 0 radical (unpaired) electrons. The zero-order valence-corrected chi connectivity index (χ0v) is 6.97. The second kappa shape index (κ2) is 3.52. The number of carbonyl (C=O) groups excluding carboxylic acids is 1. The number of allylic oxidation sites excluding steroid dienone is 1. The van der Waals surface area contributed by atoms with Crippen LogP contribution in [0.4, 0.5) is 0 Å². The number of aldehydes is 1. The summed E-state index contributed by atoms with van der Waals surface area (Å²) in [6.07, 6.45) is 2.29. The van der Waals surface area contributed by atoms with Crippen molar-refractivity contribution in [3.05, 3.63) is 11.6 Å². The first-order valence-corrected chi connectivity index (χ1v) is 3.22. The van der Waals surface area contributed by atoms with Crippen molar-refractivity contribution < 1.29 is 9.53 Å². The van der Waals surface area contributed by atoms with Gasteiger partial charge in [0.25, 0.3) is 0 Å². The van der Waals surface area contributed by atoms with E-state index in [0.717, 1.165) is 11.9 Å². The van der Waals surface area contributed by atoms with Crippen LogP contribution in [0.25, 0.3) is 0 Å². The van der Waals surface area contributed by atoms with Crippen LogP contribution >= 0.6 is 0 Å². The third-order valence-corrected chi connectivity index (χ3v) is 1.78. The third kappa shape index (κ3) is 2.31. The maximum Gasteiger partial charge on any atom is 0.142 e. The van der Waals surface area contributed by atoms with Gasteiger partial charge in [-0.2, -0.15) is 0 Å². The first-order valence-electron chi connectivity index (χ1n) is 3.22. The molecule has 0 unspecified atom stereocenters. The van der Waals surface area contributed by atoms with Crippen molar-refractivity contribution in [2.24, 2.45) is 0 Å². The first-order chi connectivity index (χ1) is 4.54. The molecule has 2 nitrogen and oxygen atoms in total.